The van der Waals surface area contributed by atoms with E-state index in [1.807, 2.05) is 11.3 Å². The lowest BCUT2D eigenvalue weighted by Gasteiger charge is -2.38. The van der Waals surface area contributed by atoms with Gasteiger partial charge >= 0.3 is 0 Å². The quantitative estimate of drug-likeness (QED) is 0.154. The highest BCUT2D eigenvalue weighted by molar-refractivity contribution is 7.25. The van der Waals surface area contributed by atoms with Crippen molar-refractivity contribution in [2.45, 2.75) is 10.8 Å². The van der Waals surface area contributed by atoms with Crippen molar-refractivity contribution < 1.29 is 0 Å². The molecule has 0 unspecified atom stereocenters. The van der Waals surface area contributed by atoms with Gasteiger partial charge in [-0.3, -0.25) is 0 Å². The van der Waals surface area contributed by atoms with Gasteiger partial charge in [-0.05, 0) is 137 Å². The van der Waals surface area contributed by atoms with Gasteiger partial charge in [0.1, 0.15) is 0 Å². The summed E-state index contributed by atoms with van der Waals surface area (Å²) in [5, 5.41) is 2.55. The molecule has 1 heterocycles. The van der Waals surface area contributed by atoms with E-state index in [9.17, 15) is 0 Å². The average molecular weight is 982 g/mol. The molecule has 0 fully saturated rings. The highest BCUT2D eigenvalue weighted by Crippen LogP contribution is 2.66. The lowest BCUT2D eigenvalue weighted by molar-refractivity contribution is 0.772. The molecule has 12 aromatic carbocycles. The highest BCUT2D eigenvalue weighted by atomic mass is 32.1. The molecule has 1 spiro atoms. The molecule has 3 aliphatic carbocycles. The number of nitrogens with zero attached hydrogens (tertiary/aromatic N) is 1. The van der Waals surface area contributed by atoms with Gasteiger partial charge in [0, 0.05) is 37.1 Å². The van der Waals surface area contributed by atoms with Gasteiger partial charge in [0.25, 0.3) is 0 Å². The first kappa shape index (κ1) is 43.1. The molecule has 0 saturated heterocycles. The summed E-state index contributed by atoms with van der Waals surface area (Å²) in [5.41, 5.74) is 24.9. The van der Waals surface area contributed by atoms with Gasteiger partial charge in [0.2, 0.25) is 0 Å². The first-order chi connectivity index (χ1) is 37.7. The maximum atomic E-state index is 2.59. The summed E-state index contributed by atoms with van der Waals surface area (Å²) in [6.07, 6.45) is 0. The van der Waals surface area contributed by atoms with Crippen LogP contribution in [-0.4, -0.2) is 0 Å². The predicted octanol–water partition coefficient (Wildman–Crippen LogP) is 19.6. The van der Waals surface area contributed by atoms with E-state index in [1.165, 1.54) is 120 Å². The molecule has 3 aliphatic rings. The normalized spacial score (nSPS) is 13.7. The molecule has 0 saturated carbocycles. The maximum absolute atomic E-state index is 2.59. The molecule has 13 aromatic rings. The third-order valence-electron chi connectivity index (χ3n) is 17.0. The van der Waals surface area contributed by atoms with E-state index < -0.39 is 10.8 Å². The van der Waals surface area contributed by atoms with E-state index in [2.05, 4.69) is 290 Å². The van der Waals surface area contributed by atoms with Gasteiger partial charge < -0.3 is 4.90 Å². The second-order valence-corrected chi connectivity index (χ2v) is 21.6. The van der Waals surface area contributed by atoms with E-state index in [4.69, 9.17) is 0 Å². The topological polar surface area (TPSA) is 3.24 Å². The van der Waals surface area contributed by atoms with Gasteiger partial charge in [-0.25, -0.2) is 0 Å². The number of benzene rings is 12. The minimum atomic E-state index is -0.743. The SMILES string of the molecule is c1ccc(-c2ccccc2C2(c3ccccc3-c3ccccc3)c3ccccc3-c3ccc(N(c4ccc5sc6ccccc6c5c4)c4cccc5c4-c4ccccc4C54c5ccccc5-c5ccccc54)cc32)cc1. The van der Waals surface area contributed by atoms with Crippen LogP contribution in [0, 0.1) is 0 Å². The zero-order valence-corrected chi connectivity index (χ0v) is 42.3. The van der Waals surface area contributed by atoms with E-state index in [0.717, 1.165) is 17.1 Å². The molecule has 0 N–H and O–H groups in total. The van der Waals surface area contributed by atoms with Gasteiger partial charge in [-0.2, -0.15) is 0 Å². The van der Waals surface area contributed by atoms with Crippen LogP contribution in [0.1, 0.15) is 44.5 Å². The number of rotatable bonds is 7. The summed E-state index contributed by atoms with van der Waals surface area (Å²) in [7, 11) is 0. The minimum Gasteiger partial charge on any atom is -0.310 e. The Kier molecular flexibility index (Phi) is 9.40. The van der Waals surface area contributed by atoms with E-state index in [1.54, 1.807) is 0 Å². The fraction of sp³-hybridized carbons (Fsp3) is 0.0270. The monoisotopic (exact) mass is 981 g/mol. The second-order valence-electron chi connectivity index (χ2n) is 20.5. The lowest BCUT2D eigenvalue weighted by atomic mass is 9.64. The van der Waals surface area contributed by atoms with Crippen LogP contribution in [0.4, 0.5) is 17.1 Å². The van der Waals surface area contributed by atoms with Crippen LogP contribution in [-0.2, 0) is 10.8 Å². The van der Waals surface area contributed by atoms with Crippen LogP contribution in [0.5, 0.6) is 0 Å². The van der Waals surface area contributed by atoms with Crippen molar-refractivity contribution in [2.24, 2.45) is 0 Å². The zero-order chi connectivity index (χ0) is 50.0. The summed E-state index contributed by atoms with van der Waals surface area (Å²) in [5.74, 6) is 0. The molecule has 354 valence electrons. The molecule has 0 aliphatic heterocycles. The number of hydrogen-bond acceptors (Lipinski definition) is 2. The smallest absolute Gasteiger partial charge is 0.0726 e. The van der Waals surface area contributed by atoms with Gasteiger partial charge in [-0.1, -0.05) is 243 Å². The van der Waals surface area contributed by atoms with E-state index in [0.29, 0.717) is 0 Å². The highest BCUT2D eigenvalue weighted by Gasteiger charge is 2.53. The number of anilines is 3. The van der Waals surface area contributed by atoms with Gasteiger partial charge in [0.15, 0.2) is 0 Å². The molecule has 2 heteroatoms. The van der Waals surface area contributed by atoms with Crippen molar-refractivity contribution in [2.75, 3.05) is 4.90 Å². The Labute approximate surface area is 446 Å². The van der Waals surface area contributed by atoms with Crippen LogP contribution in [0.2, 0.25) is 0 Å². The summed E-state index contributed by atoms with van der Waals surface area (Å²) >= 11 is 1.87. The number of hydrogen-bond donors (Lipinski definition) is 0. The van der Waals surface area contributed by atoms with Crippen molar-refractivity contribution in [3.05, 3.63) is 330 Å². The van der Waals surface area contributed by atoms with Gasteiger partial charge in [-0.15, -0.1) is 11.3 Å². The third-order valence-corrected chi connectivity index (χ3v) is 18.1. The molecular weight excluding hydrogens is 935 g/mol. The Morgan fingerprint density at radius 1 is 0.250 bits per heavy atom. The molecule has 0 amide bonds. The van der Waals surface area contributed by atoms with Crippen molar-refractivity contribution in [3.63, 3.8) is 0 Å². The molecule has 1 aromatic heterocycles. The number of fused-ring (bicyclic) bond motifs is 16. The maximum Gasteiger partial charge on any atom is 0.0726 e. The lowest BCUT2D eigenvalue weighted by Crippen LogP contribution is -2.30. The van der Waals surface area contributed by atoms with Crippen LogP contribution in [0.3, 0.4) is 0 Å². The first-order valence-electron chi connectivity index (χ1n) is 26.4. The Bertz CT molecular complexity index is 4360. The molecular formula is C74H47NS. The van der Waals surface area contributed by atoms with Crippen molar-refractivity contribution in [1.82, 2.24) is 0 Å². The summed E-state index contributed by atoms with van der Waals surface area (Å²) in [6, 6.07) is 107. The van der Waals surface area contributed by atoms with Crippen LogP contribution in [0.25, 0.3) is 75.8 Å². The predicted molar refractivity (Wildman–Crippen MR) is 318 cm³/mol. The van der Waals surface area contributed by atoms with Crippen LogP contribution < -0.4 is 4.90 Å². The Morgan fingerprint density at radius 3 is 1.22 bits per heavy atom. The molecule has 0 bridgehead atoms. The minimum absolute atomic E-state index is 0.495. The Hall–Kier alpha value is -9.34. The van der Waals surface area contributed by atoms with Crippen molar-refractivity contribution in [3.8, 4) is 55.6 Å². The van der Waals surface area contributed by atoms with E-state index in [-0.39, 0.29) is 0 Å². The third kappa shape index (κ3) is 5.85. The van der Waals surface area contributed by atoms with Crippen LogP contribution >= 0.6 is 11.3 Å². The molecule has 0 radical (unpaired) electrons. The molecule has 1 nitrogen and oxygen atoms in total. The standard InChI is InChI=1S/C74H47NS/c1-3-22-48(23-4-1)52-26-7-14-33-61(52)74(62-34-15-8-27-53(62)49-24-5-2-6-25-49)65-37-18-11-30-56(65)57-44-42-51(47-68(57)74)75(50-43-45-71-60(46-50)58-31-13-20-41-70(58)76-71)69-40-21-39-67-72(69)59-32-12-19-38-66(59)73(67)63-35-16-9-28-54(63)55-29-10-17-36-64(55)73/h1-47H. The fourth-order valence-corrected chi connectivity index (χ4v) is 15.2. The summed E-state index contributed by atoms with van der Waals surface area (Å²) in [4.78, 5) is 2.59. The zero-order valence-electron chi connectivity index (χ0n) is 41.5. The largest absolute Gasteiger partial charge is 0.310 e. The molecule has 76 heavy (non-hydrogen) atoms. The Balaban J connectivity index is 1.03. The van der Waals surface area contributed by atoms with Crippen molar-refractivity contribution in [1.29, 1.82) is 0 Å². The van der Waals surface area contributed by atoms with E-state index >= 15 is 0 Å². The first-order valence-corrected chi connectivity index (χ1v) is 27.2. The fourth-order valence-electron chi connectivity index (χ4n) is 14.1. The Morgan fingerprint density at radius 2 is 0.645 bits per heavy atom. The van der Waals surface area contributed by atoms with Crippen LogP contribution in [0.15, 0.2) is 285 Å². The van der Waals surface area contributed by atoms with Gasteiger partial charge in [0.05, 0.1) is 16.5 Å². The molecule has 16 rings (SSSR count). The summed E-state index contributed by atoms with van der Waals surface area (Å²) in [6.45, 7) is 0. The summed E-state index contributed by atoms with van der Waals surface area (Å²) < 4.78 is 2.58. The number of thiophene rings is 1. The van der Waals surface area contributed by atoms with Crippen molar-refractivity contribution >= 4 is 48.6 Å². The second kappa shape index (κ2) is 16.6. The average Bonchev–Trinajstić information content (AvgIpc) is 4.38. The molecule has 0 atom stereocenters.